The van der Waals surface area contributed by atoms with Gasteiger partial charge in [-0.05, 0) is 42.5 Å². The Morgan fingerprint density at radius 2 is 1.75 bits per heavy atom. The molecule has 24 heavy (non-hydrogen) atoms. The van der Waals surface area contributed by atoms with E-state index in [1.807, 2.05) is 24.2 Å². The van der Waals surface area contributed by atoms with Gasteiger partial charge in [0.25, 0.3) is 0 Å². The first-order valence-corrected chi connectivity index (χ1v) is 8.75. The molecule has 0 spiro atoms. The number of nitrogens with one attached hydrogen (secondary N) is 1. The van der Waals surface area contributed by atoms with Crippen LogP contribution in [0.2, 0.25) is 0 Å². The summed E-state index contributed by atoms with van der Waals surface area (Å²) in [4.78, 5) is 8.66. The van der Waals surface area contributed by atoms with Crippen molar-refractivity contribution in [1.29, 1.82) is 0 Å². The van der Waals surface area contributed by atoms with E-state index >= 15 is 0 Å². The topological polar surface area (TPSA) is 37.3 Å². The molecule has 6 heteroatoms. The molecular formula is C18H23Cl2N3S. The second-order valence-corrected chi connectivity index (χ2v) is 6.57. The van der Waals surface area contributed by atoms with Crippen molar-refractivity contribution in [3.05, 3.63) is 66.0 Å². The highest BCUT2D eigenvalue weighted by Gasteiger charge is 2.17. The Labute approximate surface area is 160 Å². The highest BCUT2D eigenvalue weighted by atomic mass is 35.5. The number of pyridine rings is 1. The number of benzene rings is 1. The maximum absolute atomic E-state index is 4.62. The third kappa shape index (κ3) is 6.71. The number of hydrogen-bond acceptors (Lipinski definition) is 4. The molecule has 0 bridgehead atoms. The number of halogens is 2. The summed E-state index contributed by atoms with van der Waals surface area (Å²) in [5.41, 5.74) is 2.73. The summed E-state index contributed by atoms with van der Waals surface area (Å²) in [5.74, 6) is 1.10. The molecule has 1 atom stereocenters. The number of rotatable bonds is 6. The first-order chi connectivity index (χ1) is 10.9. The Kier molecular flexibility index (Phi) is 9.84. The summed E-state index contributed by atoms with van der Waals surface area (Å²) in [7, 11) is 0. The van der Waals surface area contributed by atoms with Gasteiger partial charge >= 0.3 is 0 Å². The molecule has 0 saturated carbocycles. The van der Waals surface area contributed by atoms with E-state index in [0.29, 0.717) is 6.04 Å². The van der Waals surface area contributed by atoms with E-state index in [0.717, 1.165) is 30.3 Å². The monoisotopic (exact) mass is 383 g/mol. The minimum absolute atomic E-state index is 0. The van der Waals surface area contributed by atoms with Crippen molar-refractivity contribution < 1.29 is 0 Å². The quantitative estimate of drug-likeness (QED) is 0.760. The van der Waals surface area contributed by atoms with E-state index in [9.17, 15) is 0 Å². The predicted molar refractivity (Wildman–Crippen MR) is 109 cm³/mol. The number of aliphatic imine (C=N–C) groups is 1. The first kappa shape index (κ1) is 20.8. The molecular weight excluding hydrogens is 361 g/mol. The molecule has 2 heterocycles. The summed E-state index contributed by atoms with van der Waals surface area (Å²) < 4.78 is 0. The van der Waals surface area contributed by atoms with E-state index in [2.05, 4.69) is 57.8 Å². The smallest absolute Gasteiger partial charge is 0.156 e. The molecule has 0 radical (unpaired) electrons. The maximum atomic E-state index is 4.62. The minimum atomic E-state index is 0. The molecule has 3 rings (SSSR count). The van der Waals surface area contributed by atoms with Crippen molar-refractivity contribution in [1.82, 2.24) is 10.3 Å². The highest BCUT2D eigenvalue weighted by Crippen LogP contribution is 2.14. The lowest BCUT2D eigenvalue weighted by molar-refractivity contribution is 0.656. The molecule has 1 unspecified atom stereocenters. The SMILES string of the molecule is Cl.Cl.c1ccc(CC2CN=C(SCCCc3ccncc3)N2)cc1. The molecule has 1 aliphatic heterocycles. The molecule has 1 N–H and O–H groups in total. The van der Waals surface area contributed by atoms with E-state index in [4.69, 9.17) is 0 Å². The summed E-state index contributed by atoms with van der Waals surface area (Å²) in [6.07, 6.45) is 7.04. The van der Waals surface area contributed by atoms with Gasteiger partial charge in [0.15, 0.2) is 5.17 Å². The van der Waals surface area contributed by atoms with Gasteiger partial charge in [0, 0.05) is 18.1 Å². The molecule has 3 nitrogen and oxygen atoms in total. The standard InChI is InChI=1S/C18H21N3S.2ClH/c1-2-5-16(6-3-1)13-17-14-20-18(21-17)22-12-4-7-15-8-10-19-11-9-15;;/h1-3,5-6,8-11,17H,4,7,12-14H2,(H,20,21);2*1H. The molecule has 1 aromatic heterocycles. The zero-order chi connectivity index (χ0) is 15.0. The lowest BCUT2D eigenvalue weighted by atomic mass is 10.1. The average Bonchev–Trinajstić information content (AvgIpc) is 3.01. The second kappa shape index (κ2) is 11.3. The van der Waals surface area contributed by atoms with E-state index in [1.54, 1.807) is 0 Å². The van der Waals surface area contributed by atoms with Crippen LogP contribution in [0, 0.1) is 0 Å². The van der Waals surface area contributed by atoms with Gasteiger partial charge in [0.05, 0.1) is 12.6 Å². The maximum Gasteiger partial charge on any atom is 0.156 e. The van der Waals surface area contributed by atoms with Gasteiger partial charge in [-0.15, -0.1) is 24.8 Å². The van der Waals surface area contributed by atoms with Crippen molar-refractivity contribution in [2.75, 3.05) is 12.3 Å². The fourth-order valence-electron chi connectivity index (χ4n) is 2.56. The van der Waals surface area contributed by atoms with Crippen LogP contribution in [0.3, 0.4) is 0 Å². The largest absolute Gasteiger partial charge is 0.360 e. The average molecular weight is 384 g/mol. The lowest BCUT2D eigenvalue weighted by Crippen LogP contribution is -2.30. The highest BCUT2D eigenvalue weighted by molar-refractivity contribution is 8.13. The predicted octanol–water partition coefficient (Wildman–Crippen LogP) is 4.16. The first-order valence-electron chi connectivity index (χ1n) is 7.77. The van der Waals surface area contributed by atoms with Crippen LogP contribution in [0.15, 0.2) is 59.9 Å². The molecule has 1 aromatic carbocycles. The normalized spacial score (nSPS) is 15.7. The van der Waals surface area contributed by atoms with Crippen LogP contribution < -0.4 is 5.32 Å². The van der Waals surface area contributed by atoms with Gasteiger partial charge < -0.3 is 5.32 Å². The number of hydrogen-bond donors (Lipinski definition) is 1. The molecule has 0 fully saturated rings. The van der Waals surface area contributed by atoms with Gasteiger partial charge in [-0.25, -0.2) is 0 Å². The van der Waals surface area contributed by atoms with E-state index in [-0.39, 0.29) is 24.8 Å². The Bertz CT molecular complexity index is 608. The van der Waals surface area contributed by atoms with Gasteiger partial charge in [-0.3, -0.25) is 9.98 Å². The molecule has 0 aliphatic carbocycles. The van der Waals surface area contributed by atoms with Crippen LogP contribution in [0.4, 0.5) is 0 Å². The summed E-state index contributed by atoms with van der Waals surface area (Å²) in [5, 5.41) is 4.65. The van der Waals surface area contributed by atoms with Crippen LogP contribution in [0.25, 0.3) is 0 Å². The number of aryl methyl sites for hydroxylation is 1. The number of thioether (sulfide) groups is 1. The molecule has 0 saturated heterocycles. The fraction of sp³-hybridized carbons (Fsp3) is 0.333. The van der Waals surface area contributed by atoms with Crippen LogP contribution in [-0.2, 0) is 12.8 Å². The molecule has 130 valence electrons. The van der Waals surface area contributed by atoms with Crippen molar-refractivity contribution in [3.63, 3.8) is 0 Å². The zero-order valence-electron chi connectivity index (χ0n) is 13.4. The van der Waals surface area contributed by atoms with Crippen LogP contribution >= 0.6 is 36.6 Å². The van der Waals surface area contributed by atoms with Crippen LogP contribution in [0.1, 0.15) is 17.5 Å². The molecule has 2 aromatic rings. The Morgan fingerprint density at radius 1 is 1.00 bits per heavy atom. The summed E-state index contributed by atoms with van der Waals surface area (Å²) in [6, 6.07) is 15.2. The molecule has 0 amide bonds. The number of aromatic nitrogens is 1. The van der Waals surface area contributed by atoms with Crippen LogP contribution in [0.5, 0.6) is 0 Å². The van der Waals surface area contributed by atoms with Gasteiger partial charge in [-0.2, -0.15) is 0 Å². The van der Waals surface area contributed by atoms with Crippen molar-refractivity contribution in [2.45, 2.75) is 25.3 Å². The summed E-state index contributed by atoms with van der Waals surface area (Å²) in [6.45, 7) is 0.890. The minimum Gasteiger partial charge on any atom is -0.360 e. The van der Waals surface area contributed by atoms with Gasteiger partial charge in [0.1, 0.15) is 0 Å². The molecule has 1 aliphatic rings. The van der Waals surface area contributed by atoms with E-state index in [1.165, 1.54) is 17.5 Å². The number of amidine groups is 1. The van der Waals surface area contributed by atoms with Gasteiger partial charge in [-0.1, -0.05) is 42.1 Å². The number of nitrogens with zero attached hydrogens (tertiary/aromatic N) is 2. The van der Waals surface area contributed by atoms with Crippen molar-refractivity contribution in [3.8, 4) is 0 Å². The Hall–Kier alpha value is -1.23. The Morgan fingerprint density at radius 3 is 2.50 bits per heavy atom. The second-order valence-electron chi connectivity index (χ2n) is 5.48. The Balaban J connectivity index is 0.00000144. The fourth-order valence-corrected chi connectivity index (χ4v) is 3.45. The van der Waals surface area contributed by atoms with Crippen molar-refractivity contribution >= 4 is 41.7 Å². The third-order valence-electron chi connectivity index (χ3n) is 3.71. The van der Waals surface area contributed by atoms with Crippen LogP contribution in [-0.4, -0.2) is 28.5 Å². The summed E-state index contributed by atoms with van der Waals surface area (Å²) >= 11 is 1.84. The van der Waals surface area contributed by atoms with E-state index < -0.39 is 0 Å². The third-order valence-corrected chi connectivity index (χ3v) is 4.72. The lowest BCUT2D eigenvalue weighted by Gasteiger charge is -2.11. The van der Waals surface area contributed by atoms with Crippen molar-refractivity contribution in [2.24, 2.45) is 4.99 Å². The zero-order valence-corrected chi connectivity index (χ0v) is 15.9. The van der Waals surface area contributed by atoms with Gasteiger partial charge in [0.2, 0.25) is 0 Å².